The number of nitriles is 1. The maximum absolute atomic E-state index is 13.1. The molecular formula is C23H20F3N5O3. The number of pyridine rings is 1. The first-order valence-electron chi connectivity index (χ1n) is 10.4. The number of halogens is 3. The number of nitrogens with zero attached hydrogens (tertiary/aromatic N) is 4. The predicted octanol–water partition coefficient (Wildman–Crippen LogP) is 3.74. The number of aromatic carboxylic acids is 1. The van der Waals surface area contributed by atoms with Crippen molar-refractivity contribution in [2.45, 2.75) is 26.1 Å². The number of fused-ring (bicyclic) bond motifs is 1. The zero-order valence-electron chi connectivity index (χ0n) is 18.2. The van der Waals surface area contributed by atoms with Crippen LogP contribution in [0.3, 0.4) is 0 Å². The molecule has 2 N–H and O–H groups in total. The van der Waals surface area contributed by atoms with Crippen molar-refractivity contribution >= 4 is 23.1 Å². The minimum Gasteiger partial charge on any atom is -0.478 e. The summed E-state index contributed by atoms with van der Waals surface area (Å²) in [6.07, 6.45) is -2.86. The summed E-state index contributed by atoms with van der Waals surface area (Å²) in [7, 11) is 0. The summed E-state index contributed by atoms with van der Waals surface area (Å²) in [5.41, 5.74) is 0.789. The van der Waals surface area contributed by atoms with Gasteiger partial charge in [-0.2, -0.15) is 18.4 Å². The van der Waals surface area contributed by atoms with Gasteiger partial charge in [0, 0.05) is 30.5 Å². The normalized spacial score (nSPS) is 15.0. The topological polar surface area (TPSA) is 111 Å². The number of aryl methyl sites for hydroxylation is 1. The van der Waals surface area contributed by atoms with E-state index in [1.807, 2.05) is 0 Å². The number of aromatic nitrogens is 2. The van der Waals surface area contributed by atoms with Gasteiger partial charge in [-0.3, -0.25) is 9.20 Å². The highest BCUT2D eigenvalue weighted by molar-refractivity contribution is 5.94. The first kappa shape index (κ1) is 23.1. The Bertz CT molecular complexity index is 1390. The quantitative estimate of drug-likeness (QED) is 0.583. The molecule has 0 aliphatic carbocycles. The Morgan fingerprint density at radius 1 is 1.32 bits per heavy atom. The number of nitrogens with one attached hydrogen (secondary N) is 1. The van der Waals surface area contributed by atoms with Crippen molar-refractivity contribution in [3.8, 4) is 6.07 Å². The van der Waals surface area contributed by atoms with E-state index in [9.17, 15) is 33.1 Å². The van der Waals surface area contributed by atoms with Gasteiger partial charge in [0.1, 0.15) is 11.7 Å². The Hall–Kier alpha value is -4.07. The summed E-state index contributed by atoms with van der Waals surface area (Å²) < 4.78 is 40.2. The highest BCUT2D eigenvalue weighted by Gasteiger charge is 2.48. The summed E-state index contributed by atoms with van der Waals surface area (Å²) in [6, 6.07) is 9.35. The summed E-state index contributed by atoms with van der Waals surface area (Å²) in [6.45, 7) is 2.72. The number of anilines is 2. The van der Waals surface area contributed by atoms with E-state index in [0.29, 0.717) is 16.8 Å². The number of hydrogen-bond donors (Lipinski definition) is 2. The molecule has 11 heteroatoms. The number of para-hydroxylation sites is 1. The van der Waals surface area contributed by atoms with Gasteiger partial charge in [0.25, 0.3) is 5.56 Å². The Balaban J connectivity index is 1.81. The molecule has 1 fully saturated rings. The summed E-state index contributed by atoms with van der Waals surface area (Å²) in [4.78, 5) is 30.4. The van der Waals surface area contributed by atoms with Gasteiger partial charge in [0.2, 0.25) is 0 Å². The van der Waals surface area contributed by atoms with Crippen LogP contribution in [0.2, 0.25) is 0 Å². The smallest absolute Gasteiger partial charge is 0.395 e. The Morgan fingerprint density at radius 3 is 2.62 bits per heavy atom. The van der Waals surface area contributed by atoms with Crippen LogP contribution in [-0.2, 0) is 0 Å². The lowest BCUT2D eigenvalue weighted by Gasteiger charge is -2.41. The van der Waals surface area contributed by atoms with Crippen molar-refractivity contribution in [2.75, 3.05) is 23.3 Å². The summed E-state index contributed by atoms with van der Waals surface area (Å²) in [5.74, 6) is -2.75. The van der Waals surface area contributed by atoms with E-state index in [4.69, 9.17) is 0 Å². The Kier molecular flexibility index (Phi) is 5.69. The lowest BCUT2D eigenvalue weighted by molar-refractivity contribution is -0.180. The fourth-order valence-corrected chi connectivity index (χ4v) is 4.01. The molecule has 0 unspecified atom stereocenters. The molecule has 1 aliphatic heterocycles. The number of rotatable bonds is 5. The second kappa shape index (κ2) is 8.37. The standard InChI is InChI=1S/C23H20F3N5O3/c1-12-7-16(13(2)28-18-6-4-3-5-15(18)22(33)34)20-29-19(17(8-27)21(32)31(20)9-12)30-10-14(11-30)23(24,25)26/h3-7,9,13-14,28H,10-11H2,1-2H3,(H,33,34)/t13-/m1/s1. The van der Waals surface area contributed by atoms with E-state index >= 15 is 0 Å². The van der Waals surface area contributed by atoms with Crippen LogP contribution in [0.15, 0.2) is 41.3 Å². The second-order valence-electron chi connectivity index (χ2n) is 8.25. The first-order chi connectivity index (χ1) is 16.0. The molecule has 0 bridgehead atoms. The van der Waals surface area contributed by atoms with Crippen molar-refractivity contribution in [2.24, 2.45) is 5.92 Å². The van der Waals surface area contributed by atoms with Gasteiger partial charge in [-0.25, -0.2) is 9.78 Å². The third-order valence-corrected chi connectivity index (χ3v) is 5.82. The summed E-state index contributed by atoms with van der Waals surface area (Å²) in [5, 5.41) is 22.1. The SMILES string of the molecule is Cc1cc([C@@H](C)Nc2ccccc2C(=O)O)c2nc(N3CC(C(F)(F)F)C3)c(C#N)c(=O)n2c1. The molecular weight excluding hydrogens is 451 g/mol. The van der Waals surface area contributed by atoms with Crippen LogP contribution in [0, 0.1) is 24.2 Å². The number of benzene rings is 1. The number of carbonyl (C=O) groups is 1. The van der Waals surface area contributed by atoms with Gasteiger partial charge in [-0.1, -0.05) is 12.1 Å². The van der Waals surface area contributed by atoms with Crippen molar-refractivity contribution < 1.29 is 23.1 Å². The number of hydrogen-bond acceptors (Lipinski definition) is 6. The average molecular weight is 471 g/mol. The molecule has 0 radical (unpaired) electrons. The molecule has 176 valence electrons. The lowest BCUT2D eigenvalue weighted by Crippen LogP contribution is -2.54. The molecule has 0 saturated carbocycles. The van der Waals surface area contributed by atoms with Gasteiger partial charge < -0.3 is 15.3 Å². The lowest BCUT2D eigenvalue weighted by atomic mass is 9.99. The molecule has 1 aliphatic rings. The summed E-state index contributed by atoms with van der Waals surface area (Å²) >= 11 is 0. The van der Waals surface area contributed by atoms with Crippen molar-refractivity contribution in [1.29, 1.82) is 5.26 Å². The molecule has 0 amide bonds. The monoisotopic (exact) mass is 471 g/mol. The molecule has 1 saturated heterocycles. The van der Waals surface area contributed by atoms with Crippen LogP contribution in [0.5, 0.6) is 0 Å². The van der Waals surface area contributed by atoms with Gasteiger partial charge >= 0.3 is 12.1 Å². The van der Waals surface area contributed by atoms with Crippen LogP contribution in [0.25, 0.3) is 5.65 Å². The van der Waals surface area contributed by atoms with Crippen molar-refractivity contribution in [3.05, 3.63) is 69.1 Å². The number of carboxylic acids is 1. The van der Waals surface area contributed by atoms with Crippen LogP contribution in [-0.4, -0.2) is 39.7 Å². The third kappa shape index (κ3) is 4.03. The van der Waals surface area contributed by atoms with Gasteiger partial charge in [0.15, 0.2) is 11.4 Å². The number of alkyl halides is 3. The van der Waals surface area contributed by atoms with Crippen molar-refractivity contribution in [3.63, 3.8) is 0 Å². The Labute approximate surface area is 191 Å². The molecule has 8 nitrogen and oxygen atoms in total. The minimum absolute atomic E-state index is 0.0580. The second-order valence-corrected chi connectivity index (χ2v) is 8.25. The van der Waals surface area contributed by atoms with Crippen LogP contribution >= 0.6 is 0 Å². The maximum Gasteiger partial charge on any atom is 0.395 e. The van der Waals surface area contributed by atoms with Gasteiger partial charge in [0.05, 0.1) is 17.5 Å². The molecule has 2 aromatic heterocycles. The molecule has 1 atom stereocenters. The highest BCUT2D eigenvalue weighted by Crippen LogP contribution is 2.36. The first-order valence-corrected chi connectivity index (χ1v) is 10.4. The molecule has 4 rings (SSSR count). The van der Waals surface area contributed by atoms with E-state index in [1.54, 1.807) is 44.2 Å². The van der Waals surface area contributed by atoms with Gasteiger partial charge in [-0.05, 0) is 37.6 Å². The van der Waals surface area contributed by atoms with E-state index in [0.717, 1.165) is 0 Å². The Morgan fingerprint density at radius 2 is 2.00 bits per heavy atom. The average Bonchev–Trinajstić information content (AvgIpc) is 2.72. The maximum atomic E-state index is 13.1. The number of carboxylic acid groups (broad SMARTS) is 1. The molecule has 0 spiro atoms. The molecule has 3 aromatic rings. The van der Waals surface area contributed by atoms with E-state index in [2.05, 4.69) is 10.3 Å². The van der Waals surface area contributed by atoms with Gasteiger partial charge in [-0.15, -0.1) is 0 Å². The largest absolute Gasteiger partial charge is 0.478 e. The van der Waals surface area contributed by atoms with E-state index < -0.39 is 29.7 Å². The third-order valence-electron chi connectivity index (χ3n) is 5.82. The fraction of sp³-hybridized carbons (Fsp3) is 0.304. The van der Waals surface area contributed by atoms with E-state index in [-0.39, 0.29) is 35.7 Å². The fourth-order valence-electron chi connectivity index (χ4n) is 4.01. The zero-order chi connectivity index (χ0) is 24.8. The molecule has 3 heterocycles. The minimum atomic E-state index is -4.37. The van der Waals surface area contributed by atoms with Crippen LogP contribution in [0.1, 0.15) is 40.0 Å². The molecule has 1 aromatic carbocycles. The van der Waals surface area contributed by atoms with Crippen LogP contribution in [0.4, 0.5) is 24.7 Å². The molecule has 34 heavy (non-hydrogen) atoms. The van der Waals surface area contributed by atoms with Crippen molar-refractivity contribution in [1.82, 2.24) is 9.38 Å². The predicted molar refractivity (Wildman–Crippen MR) is 118 cm³/mol. The highest BCUT2D eigenvalue weighted by atomic mass is 19.4. The zero-order valence-corrected chi connectivity index (χ0v) is 18.2. The van der Waals surface area contributed by atoms with Crippen LogP contribution < -0.4 is 15.8 Å². The van der Waals surface area contributed by atoms with E-state index in [1.165, 1.54) is 21.6 Å².